The average Bonchev–Trinajstić information content (AvgIpc) is 2.85. The van der Waals surface area contributed by atoms with Crippen molar-refractivity contribution >= 4 is 33.8 Å². The van der Waals surface area contributed by atoms with Crippen molar-refractivity contribution in [3.05, 3.63) is 31.5 Å². The fourth-order valence-electron chi connectivity index (χ4n) is 2.57. The van der Waals surface area contributed by atoms with E-state index in [1.807, 2.05) is 0 Å². The van der Waals surface area contributed by atoms with Crippen LogP contribution in [0.5, 0.6) is 0 Å². The molecule has 0 aliphatic carbocycles. The topological polar surface area (TPSA) is 143 Å². The van der Waals surface area contributed by atoms with Crippen LogP contribution in [0.4, 0.5) is 0 Å². The Morgan fingerprint density at radius 2 is 1.70 bits per heavy atom. The molecule has 1 aliphatic heterocycles. The summed E-state index contributed by atoms with van der Waals surface area (Å²) in [6.07, 6.45) is -3.46. The van der Waals surface area contributed by atoms with E-state index in [9.17, 15) is 24.0 Å². The lowest BCUT2D eigenvalue weighted by atomic mass is 10.1. The van der Waals surface area contributed by atoms with Crippen LogP contribution in [0.25, 0.3) is 0 Å². The van der Waals surface area contributed by atoms with E-state index in [4.69, 9.17) is 18.9 Å². The first kappa shape index (κ1) is 20.8. The van der Waals surface area contributed by atoms with Crippen molar-refractivity contribution in [3.8, 4) is 0 Å². The molecule has 1 aliphatic rings. The Bertz CT molecular complexity index is 862. The number of halogens is 1. The van der Waals surface area contributed by atoms with Gasteiger partial charge in [-0.3, -0.25) is 28.7 Å². The number of carbonyl (C=O) groups excluding carboxylic acids is 3. The van der Waals surface area contributed by atoms with Crippen molar-refractivity contribution in [2.45, 2.75) is 45.3 Å². The summed E-state index contributed by atoms with van der Waals surface area (Å²) in [5.41, 5.74) is -1.49. The smallest absolute Gasteiger partial charge is 0.330 e. The number of aromatic nitrogens is 2. The van der Waals surface area contributed by atoms with Crippen LogP contribution in [0, 0.1) is 0 Å². The predicted octanol–water partition coefficient (Wildman–Crippen LogP) is -0.377. The van der Waals surface area contributed by atoms with Crippen LogP contribution in [0.1, 0.15) is 27.0 Å². The number of hydrogen-bond acceptors (Lipinski definition) is 9. The number of esters is 3. The molecule has 0 aromatic carbocycles. The van der Waals surface area contributed by atoms with Gasteiger partial charge >= 0.3 is 23.6 Å². The predicted molar refractivity (Wildman–Crippen MR) is 90.7 cm³/mol. The largest absolute Gasteiger partial charge is 0.463 e. The second kappa shape index (κ2) is 8.48. The van der Waals surface area contributed by atoms with Gasteiger partial charge in [-0.05, 0) is 15.9 Å². The minimum atomic E-state index is -1.24. The summed E-state index contributed by atoms with van der Waals surface area (Å²) >= 11 is 3.00. The Hall–Kier alpha value is -2.47. The molecular weight excluding hydrogens is 432 g/mol. The standard InChI is InChI=1S/C15H17BrN2O9/c1-6(19)24-5-10-11(25-7(2)20)12(26-8(3)21)14(27-10)18-4-9(16)13(22)17-15(18)23/h4,10-12,14H,5H2,1-3H3,(H,17,22,23)/t10-,11?,12+,14-/m1/s1. The number of aromatic amines is 1. The third-order valence-corrected chi connectivity index (χ3v) is 4.10. The van der Waals surface area contributed by atoms with Gasteiger partial charge in [0.1, 0.15) is 12.7 Å². The van der Waals surface area contributed by atoms with Crippen LogP contribution >= 0.6 is 15.9 Å². The van der Waals surface area contributed by atoms with Crippen LogP contribution in [0.3, 0.4) is 0 Å². The SMILES string of the molecule is CC(=O)OC[C@H]1O[C@@H](n2cc(Br)c(=O)[nH]c2=O)[C@@H](OC(C)=O)C1OC(C)=O. The summed E-state index contributed by atoms with van der Waals surface area (Å²) in [4.78, 5) is 59.9. The molecule has 1 N–H and O–H groups in total. The van der Waals surface area contributed by atoms with Gasteiger partial charge in [0.2, 0.25) is 0 Å². The first-order valence-corrected chi connectivity index (χ1v) is 8.53. The fourth-order valence-corrected chi connectivity index (χ4v) is 2.89. The van der Waals surface area contributed by atoms with E-state index in [-0.39, 0.29) is 11.1 Å². The summed E-state index contributed by atoms with van der Waals surface area (Å²) < 4.78 is 22.0. The van der Waals surface area contributed by atoms with Crippen molar-refractivity contribution in [2.75, 3.05) is 6.61 Å². The lowest BCUT2D eigenvalue weighted by Crippen LogP contribution is -2.42. The van der Waals surface area contributed by atoms with Gasteiger partial charge in [0.05, 0.1) is 4.47 Å². The van der Waals surface area contributed by atoms with Gasteiger partial charge in [-0.1, -0.05) is 0 Å². The molecule has 2 rings (SSSR count). The second-order valence-electron chi connectivity index (χ2n) is 5.66. The van der Waals surface area contributed by atoms with E-state index in [1.54, 1.807) is 0 Å². The molecule has 0 bridgehead atoms. The third-order valence-electron chi connectivity index (χ3n) is 3.54. The molecule has 4 atom stereocenters. The van der Waals surface area contributed by atoms with E-state index in [0.717, 1.165) is 24.6 Å². The zero-order chi connectivity index (χ0) is 20.3. The van der Waals surface area contributed by atoms with Gasteiger partial charge in [-0.15, -0.1) is 0 Å². The minimum Gasteiger partial charge on any atom is -0.463 e. The Balaban J connectivity index is 2.47. The van der Waals surface area contributed by atoms with Gasteiger partial charge in [0.25, 0.3) is 5.56 Å². The summed E-state index contributed by atoms with van der Waals surface area (Å²) in [5, 5.41) is 0. The van der Waals surface area contributed by atoms with E-state index < -0.39 is 53.7 Å². The zero-order valence-electron chi connectivity index (χ0n) is 14.6. The van der Waals surface area contributed by atoms with Crippen molar-refractivity contribution in [3.63, 3.8) is 0 Å². The van der Waals surface area contributed by atoms with Gasteiger partial charge in [0.15, 0.2) is 18.4 Å². The van der Waals surface area contributed by atoms with Gasteiger partial charge in [-0.25, -0.2) is 4.79 Å². The fraction of sp³-hybridized carbons (Fsp3) is 0.533. The van der Waals surface area contributed by atoms with E-state index in [1.165, 1.54) is 6.92 Å². The van der Waals surface area contributed by atoms with E-state index >= 15 is 0 Å². The van der Waals surface area contributed by atoms with Gasteiger partial charge in [-0.2, -0.15) is 0 Å². The Morgan fingerprint density at radius 3 is 2.26 bits per heavy atom. The molecular formula is C15H17BrN2O9. The molecule has 1 unspecified atom stereocenters. The lowest BCUT2D eigenvalue weighted by molar-refractivity contribution is -0.166. The van der Waals surface area contributed by atoms with Crippen LogP contribution in [0.15, 0.2) is 20.3 Å². The molecule has 148 valence electrons. The van der Waals surface area contributed by atoms with E-state index in [2.05, 4.69) is 20.9 Å². The maximum Gasteiger partial charge on any atom is 0.330 e. The average molecular weight is 449 g/mol. The van der Waals surface area contributed by atoms with Crippen molar-refractivity contribution in [2.24, 2.45) is 0 Å². The molecule has 0 amide bonds. The molecule has 0 radical (unpaired) electrons. The van der Waals surface area contributed by atoms with Gasteiger partial charge < -0.3 is 18.9 Å². The molecule has 1 aromatic rings. The lowest BCUT2D eigenvalue weighted by Gasteiger charge is -2.23. The Kier molecular flexibility index (Phi) is 6.54. The van der Waals surface area contributed by atoms with E-state index in [0.29, 0.717) is 0 Å². The highest BCUT2D eigenvalue weighted by Gasteiger charge is 2.51. The van der Waals surface area contributed by atoms with Crippen molar-refractivity contribution in [1.82, 2.24) is 9.55 Å². The molecule has 1 aromatic heterocycles. The highest BCUT2D eigenvalue weighted by atomic mass is 79.9. The molecule has 2 heterocycles. The molecule has 1 saturated heterocycles. The highest BCUT2D eigenvalue weighted by molar-refractivity contribution is 9.10. The Morgan fingerprint density at radius 1 is 1.11 bits per heavy atom. The number of carbonyl (C=O) groups is 3. The summed E-state index contributed by atoms with van der Waals surface area (Å²) in [5.74, 6) is -2.00. The van der Waals surface area contributed by atoms with Crippen LogP contribution in [-0.2, 0) is 33.3 Å². The molecule has 11 nitrogen and oxygen atoms in total. The first-order valence-electron chi connectivity index (χ1n) is 7.74. The van der Waals surface area contributed by atoms with Crippen LogP contribution in [-0.4, -0.2) is 52.4 Å². The van der Waals surface area contributed by atoms with Crippen molar-refractivity contribution < 1.29 is 33.3 Å². The quantitative estimate of drug-likeness (QED) is 0.470. The molecule has 0 saturated carbocycles. The molecule has 0 spiro atoms. The monoisotopic (exact) mass is 448 g/mol. The maximum atomic E-state index is 12.2. The van der Waals surface area contributed by atoms with Crippen LogP contribution in [0.2, 0.25) is 0 Å². The number of nitrogens with one attached hydrogen (secondary N) is 1. The third kappa shape index (κ3) is 5.04. The number of rotatable bonds is 5. The molecule has 12 heteroatoms. The molecule has 27 heavy (non-hydrogen) atoms. The van der Waals surface area contributed by atoms with Gasteiger partial charge in [0, 0.05) is 27.0 Å². The minimum absolute atomic E-state index is 0.0275. The zero-order valence-corrected chi connectivity index (χ0v) is 16.2. The summed E-state index contributed by atoms with van der Waals surface area (Å²) in [6.45, 7) is 3.15. The number of ether oxygens (including phenoxy) is 4. The second-order valence-corrected chi connectivity index (χ2v) is 6.51. The highest BCUT2D eigenvalue weighted by Crippen LogP contribution is 2.33. The maximum absolute atomic E-state index is 12.2. The summed E-state index contributed by atoms with van der Waals surface area (Å²) in [7, 11) is 0. The normalized spacial score (nSPS) is 24.3. The number of H-pyrrole nitrogens is 1. The summed E-state index contributed by atoms with van der Waals surface area (Å²) in [6, 6.07) is 0. The Labute approximate surface area is 160 Å². The van der Waals surface area contributed by atoms with Crippen LogP contribution < -0.4 is 11.2 Å². The number of hydrogen-bond donors (Lipinski definition) is 1. The number of nitrogens with zero attached hydrogens (tertiary/aromatic N) is 1. The molecule has 1 fully saturated rings. The van der Waals surface area contributed by atoms with Crippen molar-refractivity contribution in [1.29, 1.82) is 0 Å². The first-order chi connectivity index (χ1) is 12.6.